The first-order chi connectivity index (χ1) is 9.76. The number of hydrogen-bond acceptors (Lipinski definition) is 3. The maximum absolute atomic E-state index is 5.90. The van der Waals surface area contributed by atoms with Crippen molar-refractivity contribution in [2.45, 2.75) is 19.8 Å². The van der Waals surface area contributed by atoms with Gasteiger partial charge >= 0.3 is 0 Å². The highest BCUT2D eigenvalue weighted by molar-refractivity contribution is 5.47. The molecule has 2 heterocycles. The summed E-state index contributed by atoms with van der Waals surface area (Å²) < 4.78 is 11.2. The van der Waals surface area contributed by atoms with Crippen LogP contribution >= 0.6 is 0 Å². The quantitative estimate of drug-likeness (QED) is 0.857. The van der Waals surface area contributed by atoms with Crippen LogP contribution in [0.15, 0.2) is 36.5 Å². The van der Waals surface area contributed by atoms with Crippen molar-refractivity contribution in [3.63, 3.8) is 0 Å². The maximum Gasteiger partial charge on any atom is 0.164 e. The molecule has 1 atom stereocenters. The summed E-state index contributed by atoms with van der Waals surface area (Å²) >= 11 is 0. The van der Waals surface area contributed by atoms with E-state index < -0.39 is 0 Å². The Morgan fingerprint density at radius 2 is 2.20 bits per heavy atom. The summed E-state index contributed by atoms with van der Waals surface area (Å²) in [7, 11) is 1.68. The predicted octanol–water partition coefficient (Wildman–Crippen LogP) is 3.19. The Morgan fingerprint density at radius 1 is 1.30 bits per heavy atom. The van der Waals surface area contributed by atoms with Gasteiger partial charge in [0.25, 0.3) is 0 Å². The van der Waals surface area contributed by atoms with E-state index >= 15 is 0 Å². The average Bonchev–Trinajstić information content (AvgIpc) is 2.49. The van der Waals surface area contributed by atoms with Gasteiger partial charge in [0, 0.05) is 17.8 Å². The molecule has 1 aliphatic heterocycles. The molecular weight excluding hydrogens is 250 g/mol. The normalized spacial score (nSPS) is 17.2. The predicted molar refractivity (Wildman–Crippen MR) is 78.4 cm³/mol. The van der Waals surface area contributed by atoms with Crippen LogP contribution in [-0.2, 0) is 12.8 Å². The van der Waals surface area contributed by atoms with Gasteiger partial charge in [0.15, 0.2) is 11.5 Å². The van der Waals surface area contributed by atoms with Crippen molar-refractivity contribution >= 4 is 0 Å². The number of aryl methyl sites for hydroxylation is 1. The number of ether oxygens (including phenoxy) is 2. The molecule has 1 aromatic heterocycles. The Kier molecular flexibility index (Phi) is 3.59. The van der Waals surface area contributed by atoms with E-state index in [4.69, 9.17) is 9.47 Å². The molecule has 104 valence electrons. The van der Waals surface area contributed by atoms with E-state index in [0.717, 1.165) is 36.6 Å². The first kappa shape index (κ1) is 13.0. The second kappa shape index (κ2) is 5.53. The number of fused-ring (bicyclic) bond motifs is 1. The van der Waals surface area contributed by atoms with Crippen LogP contribution in [0.1, 0.15) is 16.8 Å². The molecule has 0 fully saturated rings. The third-order valence-electron chi connectivity index (χ3n) is 3.72. The van der Waals surface area contributed by atoms with E-state index in [1.165, 1.54) is 11.1 Å². The zero-order chi connectivity index (χ0) is 13.9. The van der Waals surface area contributed by atoms with Crippen LogP contribution in [0, 0.1) is 12.8 Å². The highest BCUT2D eigenvalue weighted by Crippen LogP contribution is 2.36. The van der Waals surface area contributed by atoms with Gasteiger partial charge in [0.1, 0.15) is 0 Å². The molecule has 0 spiro atoms. The van der Waals surface area contributed by atoms with Gasteiger partial charge < -0.3 is 9.47 Å². The van der Waals surface area contributed by atoms with Crippen LogP contribution in [0.4, 0.5) is 0 Å². The standard InChI is InChI=1S/C17H19NO2/c1-12-6-7-15(18-10-12)9-13-8-14-4-3-5-16(19-2)17(14)20-11-13/h3-7,10,13H,8-9,11H2,1-2H3/t13-/m1/s1. The molecule has 0 saturated heterocycles. The van der Waals surface area contributed by atoms with Crippen molar-refractivity contribution in [3.8, 4) is 11.5 Å². The van der Waals surface area contributed by atoms with E-state index in [1.807, 2.05) is 18.3 Å². The van der Waals surface area contributed by atoms with Crippen LogP contribution in [0.3, 0.4) is 0 Å². The fraction of sp³-hybridized carbons (Fsp3) is 0.353. The summed E-state index contributed by atoms with van der Waals surface area (Å²) in [5.41, 5.74) is 3.56. The SMILES string of the molecule is COc1cccc2c1OC[C@@H](Cc1ccc(C)cn1)C2. The molecule has 1 aromatic carbocycles. The first-order valence-corrected chi connectivity index (χ1v) is 6.96. The van der Waals surface area contributed by atoms with Crippen molar-refractivity contribution in [2.24, 2.45) is 5.92 Å². The zero-order valence-corrected chi connectivity index (χ0v) is 11.9. The van der Waals surface area contributed by atoms with Gasteiger partial charge in [-0.15, -0.1) is 0 Å². The Balaban J connectivity index is 1.74. The van der Waals surface area contributed by atoms with Crippen LogP contribution in [0.25, 0.3) is 0 Å². The molecule has 3 heteroatoms. The Labute approximate surface area is 119 Å². The van der Waals surface area contributed by atoms with Gasteiger partial charge in [0.2, 0.25) is 0 Å². The minimum atomic E-state index is 0.477. The number of aromatic nitrogens is 1. The van der Waals surface area contributed by atoms with Crippen molar-refractivity contribution in [3.05, 3.63) is 53.3 Å². The number of rotatable bonds is 3. The molecule has 0 saturated carbocycles. The molecule has 1 aliphatic rings. The number of pyridine rings is 1. The van der Waals surface area contributed by atoms with Gasteiger partial charge in [-0.05, 0) is 43.0 Å². The number of hydrogen-bond donors (Lipinski definition) is 0. The second-order valence-electron chi connectivity index (χ2n) is 5.36. The third-order valence-corrected chi connectivity index (χ3v) is 3.72. The van der Waals surface area contributed by atoms with E-state index in [0.29, 0.717) is 5.92 Å². The van der Waals surface area contributed by atoms with Crippen LogP contribution in [0.2, 0.25) is 0 Å². The lowest BCUT2D eigenvalue weighted by molar-refractivity contribution is 0.210. The van der Waals surface area contributed by atoms with Crippen molar-refractivity contribution < 1.29 is 9.47 Å². The highest BCUT2D eigenvalue weighted by Gasteiger charge is 2.23. The summed E-state index contributed by atoms with van der Waals surface area (Å²) in [5, 5.41) is 0. The van der Waals surface area contributed by atoms with E-state index in [2.05, 4.69) is 30.1 Å². The lowest BCUT2D eigenvalue weighted by Crippen LogP contribution is -2.23. The molecule has 0 N–H and O–H groups in total. The van der Waals surface area contributed by atoms with Crippen LogP contribution < -0.4 is 9.47 Å². The average molecular weight is 269 g/mol. The minimum absolute atomic E-state index is 0.477. The first-order valence-electron chi connectivity index (χ1n) is 6.96. The zero-order valence-electron chi connectivity index (χ0n) is 11.9. The Bertz CT molecular complexity index is 592. The monoisotopic (exact) mass is 269 g/mol. The van der Waals surface area contributed by atoms with Gasteiger partial charge in [-0.25, -0.2) is 0 Å². The van der Waals surface area contributed by atoms with Crippen molar-refractivity contribution in [2.75, 3.05) is 13.7 Å². The fourth-order valence-electron chi connectivity index (χ4n) is 2.66. The molecule has 2 aromatic rings. The van der Waals surface area contributed by atoms with E-state index in [1.54, 1.807) is 7.11 Å². The molecule has 0 unspecified atom stereocenters. The molecule has 20 heavy (non-hydrogen) atoms. The fourth-order valence-corrected chi connectivity index (χ4v) is 2.66. The van der Waals surface area contributed by atoms with Gasteiger partial charge in [-0.1, -0.05) is 18.2 Å². The summed E-state index contributed by atoms with van der Waals surface area (Å²) in [6.07, 6.45) is 3.90. The molecular formula is C17H19NO2. The number of nitrogens with zero attached hydrogens (tertiary/aromatic N) is 1. The second-order valence-corrected chi connectivity index (χ2v) is 5.36. The number of methoxy groups -OCH3 is 1. The van der Waals surface area contributed by atoms with E-state index in [-0.39, 0.29) is 0 Å². The maximum atomic E-state index is 5.90. The highest BCUT2D eigenvalue weighted by atomic mass is 16.5. The van der Waals surface area contributed by atoms with E-state index in [9.17, 15) is 0 Å². The molecule has 0 radical (unpaired) electrons. The van der Waals surface area contributed by atoms with Gasteiger partial charge in [-0.2, -0.15) is 0 Å². The summed E-state index contributed by atoms with van der Waals surface area (Å²) in [6.45, 7) is 2.78. The molecule has 0 amide bonds. The summed E-state index contributed by atoms with van der Waals surface area (Å²) in [6, 6.07) is 10.3. The van der Waals surface area contributed by atoms with Crippen LogP contribution in [0.5, 0.6) is 11.5 Å². The van der Waals surface area contributed by atoms with Gasteiger partial charge in [0.05, 0.1) is 13.7 Å². The van der Waals surface area contributed by atoms with Crippen molar-refractivity contribution in [1.29, 1.82) is 0 Å². The van der Waals surface area contributed by atoms with Crippen molar-refractivity contribution in [1.82, 2.24) is 4.98 Å². The lowest BCUT2D eigenvalue weighted by atomic mass is 9.92. The molecule has 0 bridgehead atoms. The Hall–Kier alpha value is -2.03. The minimum Gasteiger partial charge on any atom is -0.493 e. The summed E-state index contributed by atoms with van der Waals surface area (Å²) in [5.74, 6) is 2.21. The van der Waals surface area contributed by atoms with Crippen LogP contribution in [-0.4, -0.2) is 18.7 Å². The molecule has 3 rings (SSSR count). The third kappa shape index (κ3) is 2.62. The van der Waals surface area contributed by atoms with Gasteiger partial charge in [-0.3, -0.25) is 4.98 Å². The smallest absolute Gasteiger partial charge is 0.164 e. The number of benzene rings is 1. The summed E-state index contributed by atoms with van der Waals surface area (Å²) in [4.78, 5) is 4.48. The molecule has 0 aliphatic carbocycles. The topological polar surface area (TPSA) is 31.4 Å². The molecule has 3 nitrogen and oxygen atoms in total. The largest absolute Gasteiger partial charge is 0.493 e. The Morgan fingerprint density at radius 3 is 2.95 bits per heavy atom. The number of para-hydroxylation sites is 1. The lowest BCUT2D eigenvalue weighted by Gasteiger charge is -2.26.